The normalized spacial score (nSPS) is 12.3. The van der Waals surface area contributed by atoms with Crippen LogP contribution in [0.3, 0.4) is 0 Å². The molecule has 4 heteroatoms. The fourth-order valence-electron chi connectivity index (χ4n) is 2.36. The van der Waals surface area contributed by atoms with Crippen LogP contribution in [0.25, 0.3) is 0 Å². The van der Waals surface area contributed by atoms with E-state index in [4.69, 9.17) is 0 Å². The summed E-state index contributed by atoms with van der Waals surface area (Å²) in [7, 11) is 0. The van der Waals surface area contributed by atoms with Gasteiger partial charge in [-0.25, -0.2) is 4.39 Å². The molecule has 0 aliphatic heterocycles. The molecule has 0 saturated carbocycles. The predicted molar refractivity (Wildman–Crippen MR) is 91.4 cm³/mol. The highest BCUT2D eigenvalue weighted by atomic mass is 79.9. The minimum absolute atomic E-state index is 0.00961. The number of aliphatic hydroxyl groups excluding tert-OH is 1. The molecule has 0 aromatic heterocycles. The van der Waals surface area contributed by atoms with Crippen molar-refractivity contribution < 1.29 is 9.50 Å². The van der Waals surface area contributed by atoms with E-state index in [1.165, 1.54) is 17.7 Å². The number of nitrogens with one attached hydrogen (secondary N) is 1. The molecule has 0 heterocycles. The van der Waals surface area contributed by atoms with Crippen LogP contribution in [-0.2, 0) is 12.8 Å². The zero-order valence-corrected chi connectivity index (χ0v) is 14.0. The molecule has 1 unspecified atom stereocenters. The predicted octanol–water partition coefficient (Wildman–Crippen LogP) is 3.71. The van der Waals surface area contributed by atoms with Crippen LogP contribution in [0, 0.1) is 5.82 Å². The summed E-state index contributed by atoms with van der Waals surface area (Å²) in [4.78, 5) is 0. The van der Waals surface area contributed by atoms with Gasteiger partial charge in [-0.15, -0.1) is 0 Å². The Hall–Kier alpha value is -1.23. The number of hydrogen-bond acceptors (Lipinski definition) is 2. The summed E-state index contributed by atoms with van der Waals surface area (Å²) >= 11 is 3.43. The molecule has 0 bridgehead atoms. The zero-order chi connectivity index (χ0) is 15.8. The van der Waals surface area contributed by atoms with Gasteiger partial charge in [-0.3, -0.25) is 0 Å². The van der Waals surface area contributed by atoms with Gasteiger partial charge in [0, 0.05) is 10.5 Å². The molecule has 2 aromatic rings. The van der Waals surface area contributed by atoms with Gasteiger partial charge in [0.05, 0.1) is 6.61 Å². The molecule has 2 nitrogen and oxygen atoms in total. The summed E-state index contributed by atoms with van der Waals surface area (Å²) in [5, 5.41) is 12.8. The van der Waals surface area contributed by atoms with Crippen molar-refractivity contribution in [3.8, 4) is 0 Å². The van der Waals surface area contributed by atoms with E-state index >= 15 is 0 Å². The number of rotatable bonds is 8. The lowest BCUT2D eigenvalue weighted by Crippen LogP contribution is -2.35. The number of aliphatic hydroxyl groups is 1. The fraction of sp³-hybridized carbons (Fsp3) is 0.333. The highest BCUT2D eigenvalue weighted by Crippen LogP contribution is 2.11. The van der Waals surface area contributed by atoms with Gasteiger partial charge in [0.2, 0.25) is 0 Å². The van der Waals surface area contributed by atoms with E-state index in [0.717, 1.165) is 29.4 Å². The van der Waals surface area contributed by atoms with Crippen molar-refractivity contribution in [2.45, 2.75) is 25.3 Å². The van der Waals surface area contributed by atoms with Crippen LogP contribution in [0.1, 0.15) is 17.5 Å². The molecule has 0 aliphatic rings. The van der Waals surface area contributed by atoms with Crippen LogP contribution in [-0.4, -0.2) is 24.3 Å². The Kier molecular flexibility index (Phi) is 7.03. The number of hydrogen-bond donors (Lipinski definition) is 2. The van der Waals surface area contributed by atoms with Gasteiger partial charge >= 0.3 is 0 Å². The molecule has 0 spiro atoms. The summed E-state index contributed by atoms with van der Waals surface area (Å²) in [5.41, 5.74) is 2.34. The maximum absolute atomic E-state index is 12.9. The highest BCUT2D eigenvalue weighted by molar-refractivity contribution is 9.10. The number of aryl methyl sites for hydroxylation is 1. The van der Waals surface area contributed by atoms with Gasteiger partial charge in [-0.1, -0.05) is 40.2 Å². The van der Waals surface area contributed by atoms with E-state index in [-0.39, 0.29) is 18.5 Å². The average molecular weight is 366 g/mol. The van der Waals surface area contributed by atoms with Crippen molar-refractivity contribution in [3.05, 3.63) is 69.9 Å². The van der Waals surface area contributed by atoms with E-state index in [2.05, 4.69) is 33.4 Å². The quantitative estimate of drug-likeness (QED) is 0.698. The lowest BCUT2D eigenvalue weighted by molar-refractivity contribution is 0.241. The Morgan fingerprint density at radius 3 is 2.27 bits per heavy atom. The summed E-state index contributed by atoms with van der Waals surface area (Å²) in [5.74, 6) is -0.230. The molecule has 0 aliphatic carbocycles. The van der Waals surface area contributed by atoms with Crippen LogP contribution < -0.4 is 5.32 Å². The first kappa shape index (κ1) is 17.1. The van der Waals surface area contributed by atoms with Crippen LogP contribution in [0.4, 0.5) is 4.39 Å². The Bertz CT molecular complexity index is 556. The minimum Gasteiger partial charge on any atom is -0.395 e. The third-order valence-corrected chi connectivity index (χ3v) is 4.13. The molecular weight excluding hydrogens is 345 g/mol. The summed E-state index contributed by atoms with van der Waals surface area (Å²) in [6.07, 6.45) is 2.73. The largest absolute Gasteiger partial charge is 0.395 e. The van der Waals surface area contributed by atoms with E-state index in [1.807, 2.05) is 12.1 Å². The summed E-state index contributed by atoms with van der Waals surface area (Å²) in [6, 6.07) is 14.8. The van der Waals surface area contributed by atoms with Crippen LogP contribution in [0.2, 0.25) is 0 Å². The van der Waals surface area contributed by atoms with Crippen LogP contribution >= 0.6 is 15.9 Å². The maximum Gasteiger partial charge on any atom is 0.123 e. The van der Waals surface area contributed by atoms with Gasteiger partial charge in [0.25, 0.3) is 0 Å². The molecule has 1 atom stereocenters. The van der Waals surface area contributed by atoms with E-state index in [1.54, 1.807) is 12.1 Å². The van der Waals surface area contributed by atoms with Crippen molar-refractivity contribution in [1.82, 2.24) is 5.32 Å². The minimum atomic E-state index is -0.230. The molecule has 0 amide bonds. The smallest absolute Gasteiger partial charge is 0.123 e. The van der Waals surface area contributed by atoms with Gasteiger partial charge in [-0.05, 0) is 61.2 Å². The Morgan fingerprint density at radius 2 is 1.64 bits per heavy atom. The molecular formula is C18H21BrFNO. The molecule has 0 fully saturated rings. The van der Waals surface area contributed by atoms with Crippen LogP contribution in [0.5, 0.6) is 0 Å². The van der Waals surface area contributed by atoms with E-state index in [0.29, 0.717) is 6.42 Å². The van der Waals surface area contributed by atoms with Crippen molar-refractivity contribution in [3.63, 3.8) is 0 Å². The SMILES string of the molecule is OCC(Cc1ccc(F)cc1)NCCCc1ccc(Br)cc1. The Balaban J connectivity index is 1.71. The molecule has 22 heavy (non-hydrogen) atoms. The lowest BCUT2D eigenvalue weighted by Gasteiger charge is -2.16. The van der Waals surface area contributed by atoms with Crippen molar-refractivity contribution in [1.29, 1.82) is 0 Å². The topological polar surface area (TPSA) is 32.3 Å². The molecule has 0 saturated heterocycles. The van der Waals surface area contributed by atoms with Crippen molar-refractivity contribution in [2.75, 3.05) is 13.2 Å². The van der Waals surface area contributed by atoms with Gasteiger partial charge < -0.3 is 10.4 Å². The second kappa shape index (κ2) is 9.03. The highest BCUT2D eigenvalue weighted by Gasteiger charge is 2.07. The first-order chi connectivity index (χ1) is 10.7. The monoisotopic (exact) mass is 365 g/mol. The summed E-state index contributed by atoms with van der Waals surface area (Å²) in [6.45, 7) is 0.929. The van der Waals surface area contributed by atoms with E-state index < -0.39 is 0 Å². The number of benzene rings is 2. The van der Waals surface area contributed by atoms with Crippen molar-refractivity contribution >= 4 is 15.9 Å². The average Bonchev–Trinajstić information content (AvgIpc) is 2.54. The molecule has 118 valence electrons. The second-order valence-electron chi connectivity index (χ2n) is 5.39. The Labute approximate surface area is 139 Å². The first-order valence-electron chi connectivity index (χ1n) is 7.50. The number of halogens is 2. The third kappa shape index (κ3) is 5.87. The zero-order valence-electron chi connectivity index (χ0n) is 12.4. The van der Waals surface area contributed by atoms with Crippen LogP contribution in [0.15, 0.2) is 53.0 Å². The van der Waals surface area contributed by atoms with Gasteiger partial charge in [0.1, 0.15) is 5.82 Å². The molecule has 2 aromatic carbocycles. The Morgan fingerprint density at radius 1 is 1.00 bits per heavy atom. The third-order valence-electron chi connectivity index (χ3n) is 3.60. The first-order valence-corrected chi connectivity index (χ1v) is 8.30. The molecule has 0 radical (unpaired) electrons. The van der Waals surface area contributed by atoms with Gasteiger partial charge in [-0.2, -0.15) is 0 Å². The van der Waals surface area contributed by atoms with E-state index in [9.17, 15) is 9.50 Å². The standard InChI is InChI=1S/C18H21BrFNO/c19-16-7-3-14(4-8-16)2-1-11-21-18(13-22)12-15-5-9-17(20)10-6-15/h3-10,18,21-22H,1-2,11-13H2. The lowest BCUT2D eigenvalue weighted by atomic mass is 10.1. The molecule has 2 N–H and O–H groups in total. The van der Waals surface area contributed by atoms with Gasteiger partial charge in [0.15, 0.2) is 0 Å². The second-order valence-corrected chi connectivity index (χ2v) is 6.31. The maximum atomic E-state index is 12.9. The van der Waals surface area contributed by atoms with Crippen molar-refractivity contribution in [2.24, 2.45) is 0 Å². The molecule has 2 rings (SSSR count). The fourth-order valence-corrected chi connectivity index (χ4v) is 2.62. The summed E-state index contributed by atoms with van der Waals surface area (Å²) < 4.78 is 14.0.